The van der Waals surface area contributed by atoms with Gasteiger partial charge in [0.15, 0.2) is 5.75 Å². The number of phenols is 2. The summed E-state index contributed by atoms with van der Waals surface area (Å²) in [5, 5.41) is 32.1. The van der Waals surface area contributed by atoms with Gasteiger partial charge in [-0.25, -0.2) is 0 Å². The number of benzene rings is 1. The molecule has 0 aliphatic carbocycles. The van der Waals surface area contributed by atoms with Crippen molar-refractivity contribution in [3.8, 4) is 11.5 Å². The second-order valence-electron chi connectivity index (χ2n) is 4.40. The van der Waals surface area contributed by atoms with Gasteiger partial charge in [-0.15, -0.1) is 0 Å². The molecule has 116 valence electrons. The highest BCUT2D eigenvalue weighted by Gasteiger charge is 2.21. The van der Waals surface area contributed by atoms with Crippen LogP contribution < -0.4 is 5.32 Å². The summed E-state index contributed by atoms with van der Waals surface area (Å²) in [5.41, 5.74) is -0.777. The van der Waals surface area contributed by atoms with Crippen LogP contribution in [0, 0.1) is 10.1 Å². The third-order valence-electron chi connectivity index (χ3n) is 3.14. The maximum Gasteiger partial charge on any atom is 0.315 e. The molecule has 8 nitrogen and oxygen atoms in total. The standard InChI is InChI=1S/C13H19N3O5/c1-3-15(4-2)6-5-14-13(19)9-7-10(16(20)21)12(18)11(17)8-9/h7-8,17-18H,3-6H2,1-2H3,(H,14,19). The van der Waals surface area contributed by atoms with Crippen molar-refractivity contribution in [1.29, 1.82) is 0 Å². The number of phenolic OH excluding ortho intramolecular Hbond substituents is 2. The van der Waals surface area contributed by atoms with Gasteiger partial charge in [0.25, 0.3) is 5.91 Å². The van der Waals surface area contributed by atoms with Gasteiger partial charge in [-0.1, -0.05) is 13.8 Å². The number of rotatable bonds is 7. The minimum atomic E-state index is -0.859. The average molecular weight is 297 g/mol. The number of amides is 1. The predicted molar refractivity (Wildman–Crippen MR) is 76.5 cm³/mol. The van der Waals surface area contributed by atoms with E-state index in [1.54, 1.807) is 0 Å². The number of nitro groups is 1. The highest BCUT2D eigenvalue weighted by atomic mass is 16.6. The molecule has 0 fully saturated rings. The Balaban J connectivity index is 2.77. The fourth-order valence-corrected chi connectivity index (χ4v) is 1.84. The summed E-state index contributed by atoms with van der Waals surface area (Å²) < 4.78 is 0. The molecule has 8 heteroatoms. The first-order chi connectivity index (χ1) is 9.90. The van der Waals surface area contributed by atoms with Crippen LogP contribution in [0.3, 0.4) is 0 Å². The quantitative estimate of drug-likeness (QED) is 0.394. The lowest BCUT2D eigenvalue weighted by Gasteiger charge is -2.17. The SMILES string of the molecule is CCN(CC)CCNC(=O)c1cc(O)c(O)c([N+](=O)[O-])c1. The Labute approximate surface area is 122 Å². The molecule has 1 rings (SSSR count). The van der Waals surface area contributed by atoms with E-state index in [0.29, 0.717) is 13.1 Å². The number of likely N-dealkylation sites (N-methyl/N-ethyl adjacent to an activating group) is 1. The molecule has 0 unspecified atom stereocenters. The predicted octanol–water partition coefficient (Wildman–Crippen LogP) is 1.08. The number of aromatic hydroxyl groups is 2. The third kappa shape index (κ3) is 4.32. The lowest BCUT2D eigenvalue weighted by Crippen LogP contribution is -2.34. The van der Waals surface area contributed by atoms with Gasteiger partial charge in [0.05, 0.1) is 10.5 Å². The Kier molecular flexibility index (Phi) is 5.92. The Morgan fingerprint density at radius 3 is 2.48 bits per heavy atom. The van der Waals surface area contributed by atoms with Gasteiger partial charge in [-0.2, -0.15) is 0 Å². The van der Waals surface area contributed by atoms with E-state index in [0.717, 1.165) is 25.2 Å². The largest absolute Gasteiger partial charge is 0.504 e. The summed E-state index contributed by atoms with van der Waals surface area (Å²) in [7, 11) is 0. The molecule has 0 saturated heterocycles. The molecule has 0 saturated carbocycles. The van der Waals surface area contributed by atoms with Crippen molar-refractivity contribution in [3.05, 3.63) is 27.8 Å². The molecule has 1 amide bonds. The van der Waals surface area contributed by atoms with Crippen molar-refractivity contribution < 1.29 is 19.9 Å². The van der Waals surface area contributed by atoms with Gasteiger partial charge in [0.1, 0.15) is 0 Å². The van der Waals surface area contributed by atoms with Gasteiger partial charge in [-0.05, 0) is 19.2 Å². The molecule has 0 aromatic heterocycles. The second-order valence-corrected chi connectivity index (χ2v) is 4.40. The number of nitrogens with zero attached hydrogens (tertiary/aromatic N) is 2. The van der Waals surface area contributed by atoms with Crippen LogP contribution in [0.25, 0.3) is 0 Å². The van der Waals surface area contributed by atoms with Crippen molar-refractivity contribution in [2.24, 2.45) is 0 Å². The first kappa shape index (κ1) is 16.7. The number of hydrogen-bond donors (Lipinski definition) is 3. The summed E-state index contributed by atoms with van der Waals surface area (Å²) in [6.07, 6.45) is 0. The Hall–Kier alpha value is -2.35. The van der Waals surface area contributed by atoms with E-state index in [1.165, 1.54) is 0 Å². The zero-order valence-corrected chi connectivity index (χ0v) is 12.0. The van der Waals surface area contributed by atoms with Gasteiger partial charge in [-0.3, -0.25) is 14.9 Å². The zero-order valence-electron chi connectivity index (χ0n) is 12.0. The lowest BCUT2D eigenvalue weighted by molar-refractivity contribution is -0.386. The molecular formula is C13H19N3O5. The number of hydrogen-bond acceptors (Lipinski definition) is 6. The van der Waals surface area contributed by atoms with E-state index in [4.69, 9.17) is 0 Å². The topological polar surface area (TPSA) is 116 Å². The van der Waals surface area contributed by atoms with Crippen molar-refractivity contribution >= 4 is 11.6 Å². The summed E-state index contributed by atoms with van der Waals surface area (Å²) >= 11 is 0. The molecule has 0 bridgehead atoms. The highest BCUT2D eigenvalue weighted by Crippen LogP contribution is 2.35. The molecule has 0 aliphatic rings. The Morgan fingerprint density at radius 2 is 1.95 bits per heavy atom. The maximum absolute atomic E-state index is 11.9. The number of carbonyl (C=O) groups is 1. The fourth-order valence-electron chi connectivity index (χ4n) is 1.84. The minimum Gasteiger partial charge on any atom is -0.504 e. The summed E-state index contributed by atoms with van der Waals surface area (Å²) in [6, 6.07) is 1.93. The first-order valence-corrected chi connectivity index (χ1v) is 6.61. The maximum atomic E-state index is 11.9. The van der Waals surface area contributed by atoms with Crippen LogP contribution >= 0.6 is 0 Å². The fraction of sp³-hybridized carbons (Fsp3) is 0.462. The summed E-state index contributed by atoms with van der Waals surface area (Å²) in [5.74, 6) is -2.08. The van der Waals surface area contributed by atoms with E-state index in [1.807, 2.05) is 13.8 Å². The highest BCUT2D eigenvalue weighted by molar-refractivity contribution is 5.95. The molecule has 0 aliphatic heterocycles. The van der Waals surface area contributed by atoms with Crippen LogP contribution in [0.1, 0.15) is 24.2 Å². The van der Waals surface area contributed by atoms with E-state index in [-0.39, 0.29) is 5.56 Å². The molecule has 1 aromatic rings. The van der Waals surface area contributed by atoms with Crippen molar-refractivity contribution in [2.45, 2.75) is 13.8 Å². The molecule has 0 spiro atoms. The monoisotopic (exact) mass is 297 g/mol. The van der Waals surface area contributed by atoms with Crippen molar-refractivity contribution in [1.82, 2.24) is 10.2 Å². The van der Waals surface area contributed by atoms with Crippen LogP contribution in [-0.4, -0.2) is 52.1 Å². The smallest absolute Gasteiger partial charge is 0.315 e. The second kappa shape index (κ2) is 7.44. The van der Waals surface area contributed by atoms with Gasteiger partial charge >= 0.3 is 5.69 Å². The van der Waals surface area contributed by atoms with E-state index in [9.17, 15) is 25.1 Å². The van der Waals surface area contributed by atoms with Crippen molar-refractivity contribution in [2.75, 3.05) is 26.2 Å². The van der Waals surface area contributed by atoms with Crippen LogP contribution in [-0.2, 0) is 0 Å². The average Bonchev–Trinajstić information content (AvgIpc) is 2.45. The molecule has 0 atom stereocenters. The molecule has 0 radical (unpaired) electrons. The molecular weight excluding hydrogens is 278 g/mol. The molecule has 0 heterocycles. The van der Waals surface area contributed by atoms with Crippen LogP contribution in [0.2, 0.25) is 0 Å². The molecule has 21 heavy (non-hydrogen) atoms. The third-order valence-corrected chi connectivity index (χ3v) is 3.14. The Bertz CT molecular complexity index is 529. The van der Waals surface area contributed by atoms with Gasteiger partial charge in [0, 0.05) is 19.2 Å². The number of nitrogens with one attached hydrogen (secondary N) is 1. The van der Waals surface area contributed by atoms with E-state index < -0.39 is 28.0 Å². The first-order valence-electron chi connectivity index (χ1n) is 6.61. The Morgan fingerprint density at radius 1 is 1.33 bits per heavy atom. The van der Waals surface area contributed by atoms with Crippen LogP contribution in [0.5, 0.6) is 11.5 Å². The van der Waals surface area contributed by atoms with E-state index >= 15 is 0 Å². The number of nitro benzene ring substituents is 1. The minimum absolute atomic E-state index is 0.0726. The van der Waals surface area contributed by atoms with Gasteiger partial charge < -0.3 is 20.4 Å². The summed E-state index contributed by atoms with van der Waals surface area (Å²) in [6.45, 7) is 6.77. The van der Waals surface area contributed by atoms with Crippen molar-refractivity contribution in [3.63, 3.8) is 0 Å². The lowest BCUT2D eigenvalue weighted by atomic mass is 10.1. The summed E-state index contributed by atoms with van der Waals surface area (Å²) in [4.78, 5) is 23.9. The van der Waals surface area contributed by atoms with Crippen LogP contribution in [0.15, 0.2) is 12.1 Å². The van der Waals surface area contributed by atoms with Gasteiger partial charge in [0.2, 0.25) is 5.75 Å². The molecule has 3 N–H and O–H groups in total. The zero-order chi connectivity index (χ0) is 16.0. The van der Waals surface area contributed by atoms with Crippen LogP contribution in [0.4, 0.5) is 5.69 Å². The van der Waals surface area contributed by atoms with E-state index in [2.05, 4.69) is 10.2 Å². The molecule has 1 aromatic carbocycles. The number of carbonyl (C=O) groups excluding carboxylic acids is 1. The normalized spacial score (nSPS) is 10.6.